The monoisotopic (exact) mass is 448 g/mol. The highest BCUT2D eigenvalue weighted by atomic mass is 79.9. The van der Waals surface area contributed by atoms with Crippen LogP contribution in [0.4, 0.5) is 10.1 Å². The van der Waals surface area contributed by atoms with E-state index in [0.717, 1.165) is 17.8 Å². The van der Waals surface area contributed by atoms with Crippen molar-refractivity contribution in [3.63, 3.8) is 0 Å². The number of anilines is 1. The lowest BCUT2D eigenvalue weighted by molar-refractivity contribution is -0.118. The van der Waals surface area contributed by atoms with Crippen LogP contribution in [0.25, 0.3) is 0 Å². The zero-order chi connectivity index (χ0) is 19.9. The van der Waals surface area contributed by atoms with Crippen LogP contribution in [-0.2, 0) is 11.3 Å². The number of rotatable bonds is 7. The minimum absolute atomic E-state index is 0.142. The molecule has 28 heavy (non-hydrogen) atoms. The Bertz CT molecular complexity index is 809. The smallest absolute Gasteiger partial charge is 0.262 e. The van der Waals surface area contributed by atoms with E-state index in [1.165, 1.54) is 50.3 Å². The molecular weight excluding hydrogens is 423 g/mol. The average Bonchev–Trinajstić information content (AvgIpc) is 2.69. The van der Waals surface area contributed by atoms with E-state index in [1.54, 1.807) is 0 Å². The van der Waals surface area contributed by atoms with Gasteiger partial charge in [-0.15, -0.1) is 0 Å². The molecule has 0 saturated heterocycles. The number of halogens is 2. The van der Waals surface area contributed by atoms with Crippen LogP contribution in [0.3, 0.4) is 0 Å². The summed E-state index contributed by atoms with van der Waals surface area (Å²) in [6.07, 6.45) is 6.41. The molecule has 0 radical (unpaired) electrons. The molecule has 3 rings (SSSR count). The molecular formula is C22H26BrFN2O2. The number of ether oxygens (including phenoxy) is 1. The number of nitrogens with one attached hydrogen (secondary N) is 1. The van der Waals surface area contributed by atoms with Crippen molar-refractivity contribution in [2.75, 3.05) is 19.0 Å². The second kappa shape index (κ2) is 10.0. The van der Waals surface area contributed by atoms with E-state index in [9.17, 15) is 9.18 Å². The molecule has 0 unspecified atom stereocenters. The quantitative estimate of drug-likeness (QED) is 0.618. The lowest BCUT2D eigenvalue weighted by atomic mass is 9.94. The molecule has 0 aliphatic heterocycles. The fourth-order valence-corrected chi connectivity index (χ4v) is 4.09. The highest BCUT2D eigenvalue weighted by molar-refractivity contribution is 9.10. The molecule has 6 heteroatoms. The van der Waals surface area contributed by atoms with Gasteiger partial charge in [0.25, 0.3) is 5.91 Å². The number of carbonyl (C=O) groups is 1. The lowest BCUT2D eigenvalue weighted by Gasteiger charge is -2.31. The standard InChI is InChI=1S/C22H26BrFN2O2/c1-26(18-8-3-2-4-9-18)14-16-7-5-6-10-20(16)25-22(27)15-28-21-12-11-17(24)13-19(21)23/h5-7,10-13,18H,2-4,8-9,14-15H2,1H3,(H,25,27). The first-order valence-electron chi connectivity index (χ1n) is 9.69. The summed E-state index contributed by atoms with van der Waals surface area (Å²) in [6.45, 7) is 0.655. The third-order valence-corrected chi connectivity index (χ3v) is 5.78. The van der Waals surface area contributed by atoms with Gasteiger partial charge >= 0.3 is 0 Å². The molecule has 0 aromatic heterocycles. The van der Waals surface area contributed by atoms with Crippen molar-refractivity contribution in [1.82, 2.24) is 4.90 Å². The molecule has 2 aromatic carbocycles. The van der Waals surface area contributed by atoms with Crippen LogP contribution in [0.2, 0.25) is 0 Å². The Labute approximate surface area is 174 Å². The Kier molecular flexibility index (Phi) is 7.45. The van der Waals surface area contributed by atoms with Gasteiger partial charge in [-0.2, -0.15) is 0 Å². The summed E-state index contributed by atoms with van der Waals surface area (Å²) in [5, 5.41) is 2.94. The van der Waals surface area contributed by atoms with Crippen molar-refractivity contribution < 1.29 is 13.9 Å². The number of hydrogen-bond donors (Lipinski definition) is 1. The predicted octanol–water partition coefficient (Wildman–Crippen LogP) is 5.37. The van der Waals surface area contributed by atoms with Crippen LogP contribution in [0.5, 0.6) is 5.75 Å². The van der Waals surface area contributed by atoms with Crippen molar-refractivity contribution >= 4 is 27.5 Å². The van der Waals surface area contributed by atoms with Gasteiger partial charge in [0.1, 0.15) is 11.6 Å². The summed E-state index contributed by atoms with van der Waals surface area (Å²) in [4.78, 5) is 14.7. The molecule has 4 nitrogen and oxygen atoms in total. The van der Waals surface area contributed by atoms with Crippen molar-refractivity contribution in [1.29, 1.82) is 0 Å². The molecule has 1 aliphatic rings. The van der Waals surface area contributed by atoms with Crippen molar-refractivity contribution in [2.45, 2.75) is 44.7 Å². The van der Waals surface area contributed by atoms with Gasteiger partial charge < -0.3 is 10.1 Å². The minimum atomic E-state index is -0.361. The van der Waals surface area contributed by atoms with E-state index in [-0.39, 0.29) is 18.3 Å². The summed E-state index contributed by atoms with van der Waals surface area (Å²) >= 11 is 3.24. The van der Waals surface area contributed by atoms with Crippen LogP contribution >= 0.6 is 15.9 Å². The van der Waals surface area contributed by atoms with Crippen LogP contribution < -0.4 is 10.1 Å². The molecule has 1 saturated carbocycles. The number of nitrogens with zero attached hydrogens (tertiary/aromatic N) is 1. The number of amides is 1. The molecule has 150 valence electrons. The second-order valence-corrected chi connectivity index (χ2v) is 8.13. The number of hydrogen-bond acceptors (Lipinski definition) is 3. The van der Waals surface area contributed by atoms with E-state index in [4.69, 9.17) is 4.74 Å². The van der Waals surface area contributed by atoms with Gasteiger partial charge in [0.2, 0.25) is 0 Å². The molecule has 1 amide bonds. The van der Waals surface area contributed by atoms with Gasteiger partial charge in [0.05, 0.1) is 4.47 Å². The van der Waals surface area contributed by atoms with Crippen molar-refractivity contribution in [2.24, 2.45) is 0 Å². The molecule has 0 atom stereocenters. The topological polar surface area (TPSA) is 41.6 Å². The molecule has 0 bridgehead atoms. The van der Waals surface area contributed by atoms with Crippen LogP contribution in [0.1, 0.15) is 37.7 Å². The number of para-hydroxylation sites is 1. The highest BCUT2D eigenvalue weighted by Gasteiger charge is 2.19. The third kappa shape index (κ3) is 5.79. The molecule has 1 N–H and O–H groups in total. The highest BCUT2D eigenvalue weighted by Crippen LogP contribution is 2.26. The SMILES string of the molecule is CN(Cc1ccccc1NC(=O)COc1ccc(F)cc1Br)C1CCCCC1. The van der Waals surface area contributed by atoms with E-state index in [0.29, 0.717) is 16.3 Å². The zero-order valence-corrected chi connectivity index (χ0v) is 17.7. The maximum absolute atomic E-state index is 13.1. The van der Waals surface area contributed by atoms with Gasteiger partial charge in [-0.1, -0.05) is 37.5 Å². The minimum Gasteiger partial charge on any atom is -0.483 e. The first kappa shape index (κ1) is 20.8. The Morgan fingerprint density at radius 3 is 2.71 bits per heavy atom. The first-order valence-corrected chi connectivity index (χ1v) is 10.5. The number of benzene rings is 2. The van der Waals surface area contributed by atoms with Gasteiger partial charge in [-0.05, 0) is 65.6 Å². The first-order chi connectivity index (χ1) is 13.5. The van der Waals surface area contributed by atoms with E-state index in [1.807, 2.05) is 24.3 Å². The fraction of sp³-hybridized carbons (Fsp3) is 0.409. The fourth-order valence-electron chi connectivity index (χ4n) is 3.62. The van der Waals surface area contributed by atoms with Crippen LogP contribution in [0, 0.1) is 5.82 Å². The Balaban J connectivity index is 1.58. The van der Waals surface area contributed by atoms with Gasteiger partial charge in [0, 0.05) is 18.3 Å². The van der Waals surface area contributed by atoms with Gasteiger partial charge in [0.15, 0.2) is 6.61 Å². The Morgan fingerprint density at radius 2 is 1.96 bits per heavy atom. The molecule has 1 fully saturated rings. The van der Waals surface area contributed by atoms with Gasteiger partial charge in [-0.3, -0.25) is 9.69 Å². The largest absolute Gasteiger partial charge is 0.483 e. The summed E-state index contributed by atoms with van der Waals surface area (Å²) < 4.78 is 19.1. The molecule has 1 aliphatic carbocycles. The summed E-state index contributed by atoms with van der Waals surface area (Å²) in [5.74, 6) is -0.175. The van der Waals surface area contributed by atoms with Crippen molar-refractivity contribution in [3.05, 3.63) is 58.3 Å². The van der Waals surface area contributed by atoms with Crippen LogP contribution in [-0.4, -0.2) is 30.5 Å². The Morgan fingerprint density at radius 1 is 1.21 bits per heavy atom. The normalized spacial score (nSPS) is 14.9. The molecule has 0 spiro atoms. The average molecular weight is 449 g/mol. The summed E-state index contributed by atoms with van der Waals surface area (Å²) in [6, 6.07) is 12.6. The van der Waals surface area contributed by atoms with Crippen molar-refractivity contribution in [3.8, 4) is 5.75 Å². The third-order valence-electron chi connectivity index (χ3n) is 5.16. The maximum Gasteiger partial charge on any atom is 0.262 e. The number of carbonyl (C=O) groups excluding carboxylic acids is 1. The van der Waals surface area contributed by atoms with Gasteiger partial charge in [-0.25, -0.2) is 4.39 Å². The summed E-state index contributed by atoms with van der Waals surface area (Å²) in [5.41, 5.74) is 1.89. The zero-order valence-electron chi connectivity index (χ0n) is 16.1. The maximum atomic E-state index is 13.1. The second-order valence-electron chi connectivity index (χ2n) is 7.28. The van der Waals surface area contributed by atoms with E-state index in [2.05, 4.69) is 33.2 Å². The predicted molar refractivity (Wildman–Crippen MR) is 113 cm³/mol. The van der Waals surface area contributed by atoms with E-state index >= 15 is 0 Å². The summed E-state index contributed by atoms with van der Waals surface area (Å²) in [7, 11) is 2.16. The lowest BCUT2D eigenvalue weighted by Crippen LogP contribution is -2.33. The van der Waals surface area contributed by atoms with Crippen LogP contribution in [0.15, 0.2) is 46.9 Å². The molecule has 0 heterocycles. The molecule has 2 aromatic rings. The Hall–Kier alpha value is -1.92. The van der Waals surface area contributed by atoms with E-state index < -0.39 is 0 Å².